The highest BCUT2D eigenvalue weighted by molar-refractivity contribution is 8.14. The number of ether oxygens (including phenoxy) is 1. The molecule has 0 aliphatic carbocycles. The SMILES string of the molecule is COc1ccc(N=C2SCC(N(C(C)=O)c3ccc(Cl)cc3)N2C)cc1.Cl. The average molecular weight is 426 g/mol. The van der Waals surface area contributed by atoms with E-state index in [0.29, 0.717) is 5.02 Å². The summed E-state index contributed by atoms with van der Waals surface area (Å²) in [6.07, 6.45) is -0.101. The summed E-state index contributed by atoms with van der Waals surface area (Å²) < 4.78 is 5.17. The lowest BCUT2D eigenvalue weighted by Crippen LogP contribution is -2.48. The molecule has 0 radical (unpaired) electrons. The van der Waals surface area contributed by atoms with Crippen LogP contribution in [0.4, 0.5) is 11.4 Å². The first-order valence-corrected chi connectivity index (χ1v) is 9.49. The van der Waals surface area contributed by atoms with Crippen LogP contribution in [0.1, 0.15) is 6.92 Å². The second-order valence-electron chi connectivity index (χ2n) is 5.86. The number of carbonyl (C=O) groups excluding carboxylic acids is 1. The Kier molecular flexibility index (Phi) is 7.41. The van der Waals surface area contributed by atoms with Crippen LogP contribution in [-0.4, -0.2) is 42.1 Å². The summed E-state index contributed by atoms with van der Waals surface area (Å²) in [5.74, 6) is 1.52. The predicted molar refractivity (Wildman–Crippen MR) is 116 cm³/mol. The summed E-state index contributed by atoms with van der Waals surface area (Å²) in [7, 11) is 3.60. The molecule has 1 atom stereocenters. The number of hydrogen-bond donors (Lipinski definition) is 0. The van der Waals surface area contributed by atoms with Gasteiger partial charge in [-0.05, 0) is 48.5 Å². The molecule has 0 aromatic heterocycles. The van der Waals surface area contributed by atoms with E-state index in [1.54, 1.807) is 42.8 Å². The summed E-state index contributed by atoms with van der Waals surface area (Å²) in [4.78, 5) is 20.8. The monoisotopic (exact) mass is 425 g/mol. The third-order valence-corrected chi connectivity index (χ3v) is 5.50. The molecule has 1 amide bonds. The van der Waals surface area contributed by atoms with Gasteiger partial charge < -0.3 is 9.64 Å². The number of thioether (sulfide) groups is 1. The van der Waals surface area contributed by atoms with E-state index in [9.17, 15) is 4.79 Å². The van der Waals surface area contributed by atoms with E-state index >= 15 is 0 Å². The van der Waals surface area contributed by atoms with Crippen LogP contribution in [0.25, 0.3) is 0 Å². The van der Waals surface area contributed by atoms with Gasteiger partial charge in [0.2, 0.25) is 5.91 Å². The molecule has 0 saturated carbocycles. The van der Waals surface area contributed by atoms with Crippen molar-refractivity contribution in [3.05, 3.63) is 53.6 Å². The van der Waals surface area contributed by atoms with E-state index in [0.717, 1.165) is 28.0 Å². The lowest BCUT2D eigenvalue weighted by atomic mass is 10.2. The zero-order valence-electron chi connectivity index (χ0n) is 15.3. The summed E-state index contributed by atoms with van der Waals surface area (Å²) in [6, 6.07) is 14.9. The van der Waals surface area contributed by atoms with Gasteiger partial charge in [0.1, 0.15) is 11.9 Å². The van der Waals surface area contributed by atoms with Crippen LogP contribution >= 0.6 is 35.8 Å². The second kappa shape index (κ2) is 9.35. The van der Waals surface area contributed by atoms with Gasteiger partial charge in [-0.1, -0.05) is 23.4 Å². The van der Waals surface area contributed by atoms with E-state index in [1.807, 2.05) is 48.3 Å². The van der Waals surface area contributed by atoms with E-state index in [2.05, 4.69) is 0 Å². The number of rotatable bonds is 4. The minimum absolute atomic E-state index is 0. The highest BCUT2D eigenvalue weighted by Gasteiger charge is 2.34. The standard InChI is InChI=1S/C19H20ClN3O2S.ClH/c1-13(24)23(16-8-4-14(20)5-9-16)18-12-26-19(22(18)2)21-15-6-10-17(25-3)11-7-15;/h4-11,18H,12H2,1-3H3;1H. The van der Waals surface area contributed by atoms with Crippen LogP contribution in [0.15, 0.2) is 53.5 Å². The minimum Gasteiger partial charge on any atom is -0.497 e. The number of methoxy groups -OCH3 is 1. The van der Waals surface area contributed by atoms with Crippen molar-refractivity contribution in [3.63, 3.8) is 0 Å². The topological polar surface area (TPSA) is 45.1 Å². The molecule has 1 fully saturated rings. The van der Waals surface area contributed by atoms with Crippen molar-refractivity contribution in [2.75, 3.05) is 24.8 Å². The number of aliphatic imine (C=N–C) groups is 1. The number of anilines is 1. The molecule has 27 heavy (non-hydrogen) atoms. The molecule has 1 heterocycles. The van der Waals surface area contributed by atoms with Crippen LogP contribution in [-0.2, 0) is 4.79 Å². The molecular formula is C19H21Cl2N3O2S. The van der Waals surface area contributed by atoms with Gasteiger partial charge >= 0.3 is 0 Å². The number of carbonyl (C=O) groups is 1. The minimum atomic E-state index is -0.101. The fourth-order valence-electron chi connectivity index (χ4n) is 2.78. The Morgan fingerprint density at radius 1 is 1.22 bits per heavy atom. The fraction of sp³-hybridized carbons (Fsp3) is 0.263. The van der Waals surface area contributed by atoms with Crippen molar-refractivity contribution in [2.45, 2.75) is 13.1 Å². The Morgan fingerprint density at radius 2 is 1.85 bits per heavy atom. The Labute approximate surface area is 174 Å². The second-order valence-corrected chi connectivity index (χ2v) is 7.28. The maximum absolute atomic E-state index is 12.3. The largest absolute Gasteiger partial charge is 0.497 e. The quantitative estimate of drug-likeness (QED) is 0.704. The van der Waals surface area contributed by atoms with Gasteiger partial charge in [0, 0.05) is 30.4 Å². The van der Waals surface area contributed by atoms with Crippen LogP contribution < -0.4 is 9.64 Å². The van der Waals surface area contributed by atoms with Crippen LogP contribution in [0.3, 0.4) is 0 Å². The van der Waals surface area contributed by atoms with Gasteiger partial charge in [0.05, 0.1) is 12.8 Å². The number of amidine groups is 1. The molecule has 0 bridgehead atoms. The molecule has 8 heteroatoms. The van der Waals surface area contributed by atoms with Gasteiger partial charge in [-0.15, -0.1) is 12.4 Å². The van der Waals surface area contributed by atoms with Gasteiger partial charge in [0.15, 0.2) is 5.17 Å². The Bertz CT molecular complexity index is 813. The highest BCUT2D eigenvalue weighted by atomic mass is 35.5. The van der Waals surface area contributed by atoms with E-state index in [4.69, 9.17) is 21.3 Å². The number of amides is 1. The number of hydrogen-bond acceptors (Lipinski definition) is 4. The lowest BCUT2D eigenvalue weighted by Gasteiger charge is -2.32. The van der Waals surface area contributed by atoms with Gasteiger partial charge in [-0.25, -0.2) is 4.99 Å². The third kappa shape index (κ3) is 4.89. The van der Waals surface area contributed by atoms with Crippen LogP contribution in [0.2, 0.25) is 5.02 Å². The Morgan fingerprint density at radius 3 is 2.41 bits per heavy atom. The zero-order chi connectivity index (χ0) is 18.7. The molecule has 144 valence electrons. The molecule has 2 aromatic rings. The lowest BCUT2D eigenvalue weighted by molar-refractivity contribution is -0.117. The van der Waals surface area contributed by atoms with Crippen LogP contribution in [0, 0.1) is 0 Å². The Hall–Kier alpha value is -1.89. The van der Waals surface area contributed by atoms with Gasteiger partial charge in [-0.3, -0.25) is 9.69 Å². The fourth-order valence-corrected chi connectivity index (χ4v) is 4.07. The van der Waals surface area contributed by atoms with Crippen molar-refractivity contribution in [2.24, 2.45) is 4.99 Å². The number of nitrogens with zero attached hydrogens (tertiary/aromatic N) is 3. The first kappa shape index (κ1) is 21.4. The van der Waals surface area contributed by atoms with Gasteiger partial charge in [-0.2, -0.15) is 0 Å². The van der Waals surface area contributed by atoms with Crippen molar-refractivity contribution >= 4 is 58.2 Å². The van der Waals surface area contributed by atoms with Gasteiger partial charge in [0.25, 0.3) is 0 Å². The van der Waals surface area contributed by atoms with E-state index in [-0.39, 0.29) is 24.5 Å². The molecule has 1 unspecified atom stereocenters. The Balaban J connectivity index is 0.00000261. The highest BCUT2D eigenvalue weighted by Crippen LogP contribution is 2.31. The number of halogens is 2. The summed E-state index contributed by atoms with van der Waals surface area (Å²) in [5, 5.41) is 1.52. The zero-order valence-corrected chi connectivity index (χ0v) is 17.6. The molecule has 1 saturated heterocycles. The van der Waals surface area contributed by atoms with Crippen molar-refractivity contribution in [1.29, 1.82) is 0 Å². The summed E-state index contributed by atoms with van der Waals surface area (Å²) in [6.45, 7) is 1.58. The average Bonchev–Trinajstić information content (AvgIpc) is 2.98. The van der Waals surface area contributed by atoms with E-state index < -0.39 is 0 Å². The molecule has 0 N–H and O–H groups in total. The van der Waals surface area contributed by atoms with E-state index in [1.165, 1.54) is 0 Å². The molecule has 1 aliphatic heterocycles. The molecule has 3 rings (SSSR count). The third-order valence-electron chi connectivity index (χ3n) is 4.15. The molecule has 1 aliphatic rings. The molecule has 0 spiro atoms. The maximum Gasteiger partial charge on any atom is 0.225 e. The molecule has 5 nitrogen and oxygen atoms in total. The van der Waals surface area contributed by atoms with Crippen molar-refractivity contribution in [1.82, 2.24) is 4.90 Å². The maximum atomic E-state index is 12.3. The predicted octanol–water partition coefficient (Wildman–Crippen LogP) is 4.82. The normalized spacial score (nSPS) is 17.6. The number of benzene rings is 2. The first-order valence-electron chi connectivity index (χ1n) is 8.13. The first-order chi connectivity index (χ1) is 12.5. The van der Waals surface area contributed by atoms with Crippen molar-refractivity contribution < 1.29 is 9.53 Å². The van der Waals surface area contributed by atoms with Crippen molar-refractivity contribution in [3.8, 4) is 5.75 Å². The molecule has 2 aromatic carbocycles. The smallest absolute Gasteiger partial charge is 0.225 e. The summed E-state index contributed by atoms with van der Waals surface area (Å²) in [5.41, 5.74) is 1.67. The summed E-state index contributed by atoms with van der Waals surface area (Å²) >= 11 is 7.60. The molecular weight excluding hydrogens is 405 g/mol. The van der Waals surface area contributed by atoms with Crippen LogP contribution in [0.5, 0.6) is 5.75 Å².